The number of aryl methyl sites for hydroxylation is 1. The van der Waals surface area contributed by atoms with Crippen molar-refractivity contribution in [3.8, 4) is 0 Å². The molecular weight excluding hydrogens is 228 g/mol. The average Bonchev–Trinajstić information content (AvgIpc) is 2.61. The van der Waals surface area contributed by atoms with E-state index in [4.69, 9.17) is 0 Å². The van der Waals surface area contributed by atoms with Crippen molar-refractivity contribution in [2.75, 3.05) is 0 Å². The van der Waals surface area contributed by atoms with E-state index in [0.29, 0.717) is 5.56 Å². The summed E-state index contributed by atoms with van der Waals surface area (Å²) < 4.78 is 0. The van der Waals surface area contributed by atoms with Gasteiger partial charge in [-0.25, -0.2) is 0 Å². The van der Waals surface area contributed by atoms with Crippen molar-refractivity contribution in [3.63, 3.8) is 0 Å². The lowest BCUT2D eigenvalue weighted by molar-refractivity contribution is 0.0286. The third kappa shape index (κ3) is 1.81. The first-order valence-electron chi connectivity index (χ1n) is 6.59. The van der Waals surface area contributed by atoms with Crippen molar-refractivity contribution >= 4 is 5.91 Å². The first-order valence-corrected chi connectivity index (χ1v) is 6.59. The zero-order chi connectivity index (χ0) is 12.7. The molecule has 2 aliphatic heterocycles. The topological polar surface area (TPSA) is 53.4 Å². The zero-order valence-corrected chi connectivity index (χ0v) is 10.5. The van der Waals surface area contributed by atoms with Crippen LogP contribution in [0, 0.1) is 6.92 Å². The lowest BCUT2D eigenvalue weighted by Crippen LogP contribution is -2.48. The van der Waals surface area contributed by atoms with Gasteiger partial charge in [0.15, 0.2) is 0 Å². The Morgan fingerprint density at radius 2 is 2.06 bits per heavy atom. The van der Waals surface area contributed by atoms with E-state index in [2.05, 4.69) is 4.98 Å². The van der Waals surface area contributed by atoms with Crippen molar-refractivity contribution in [2.45, 2.75) is 50.8 Å². The predicted molar refractivity (Wildman–Crippen MR) is 67.2 cm³/mol. The highest BCUT2D eigenvalue weighted by Crippen LogP contribution is 2.36. The second-order valence-corrected chi connectivity index (χ2v) is 5.36. The smallest absolute Gasteiger partial charge is 0.256 e. The van der Waals surface area contributed by atoms with Gasteiger partial charge in [0, 0.05) is 24.0 Å². The van der Waals surface area contributed by atoms with Crippen molar-refractivity contribution in [1.82, 2.24) is 9.88 Å². The summed E-state index contributed by atoms with van der Waals surface area (Å²) in [6.07, 6.45) is 4.96. The van der Waals surface area contributed by atoms with Gasteiger partial charge in [-0.1, -0.05) is 0 Å². The maximum absolute atomic E-state index is 12.6. The molecule has 2 bridgehead atoms. The highest BCUT2D eigenvalue weighted by molar-refractivity contribution is 5.95. The van der Waals surface area contributed by atoms with Crippen molar-refractivity contribution in [1.29, 1.82) is 0 Å². The standard InChI is InChI=1S/C14H18N2O2/c1-9-13(3-2-6-15-9)14(18)16-10-4-5-11(16)8-12(17)7-10/h2-3,6,10-12,17H,4-5,7-8H2,1H3. The predicted octanol–water partition coefficient (Wildman–Crippen LogP) is 1.52. The molecule has 2 saturated heterocycles. The molecule has 0 radical (unpaired) electrons. The number of piperidine rings is 1. The fraction of sp³-hybridized carbons (Fsp3) is 0.571. The third-order valence-corrected chi connectivity index (χ3v) is 4.18. The summed E-state index contributed by atoms with van der Waals surface area (Å²) in [5, 5.41) is 9.76. The van der Waals surface area contributed by atoms with E-state index in [-0.39, 0.29) is 24.1 Å². The molecule has 0 spiro atoms. The van der Waals surface area contributed by atoms with Crippen LogP contribution in [-0.4, -0.2) is 39.1 Å². The first kappa shape index (κ1) is 11.7. The largest absolute Gasteiger partial charge is 0.393 e. The molecule has 1 aromatic rings. The quantitative estimate of drug-likeness (QED) is 0.817. The number of aliphatic hydroxyl groups is 1. The molecule has 0 saturated carbocycles. The van der Waals surface area contributed by atoms with Gasteiger partial charge in [-0.2, -0.15) is 0 Å². The van der Waals surface area contributed by atoms with Crippen molar-refractivity contribution in [3.05, 3.63) is 29.6 Å². The fourth-order valence-electron chi connectivity index (χ4n) is 3.33. The Hall–Kier alpha value is -1.42. The minimum Gasteiger partial charge on any atom is -0.393 e. The monoisotopic (exact) mass is 246 g/mol. The summed E-state index contributed by atoms with van der Waals surface area (Å²) in [7, 11) is 0. The number of pyridine rings is 1. The van der Waals surface area contributed by atoms with E-state index in [9.17, 15) is 9.90 Å². The SMILES string of the molecule is Cc1ncccc1C(=O)N1C2CCC1CC(O)C2. The van der Waals surface area contributed by atoms with Gasteiger partial charge >= 0.3 is 0 Å². The Bertz CT molecular complexity index is 461. The number of nitrogens with zero attached hydrogens (tertiary/aromatic N) is 2. The molecule has 2 fully saturated rings. The highest BCUT2D eigenvalue weighted by atomic mass is 16.3. The van der Waals surface area contributed by atoms with Crippen LogP contribution >= 0.6 is 0 Å². The van der Waals surface area contributed by atoms with Crippen LogP contribution < -0.4 is 0 Å². The van der Waals surface area contributed by atoms with Gasteiger partial charge in [0.1, 0.15) is 0 Å². The van der Waals surface area contributed by atoms with E-state index in [1.165, 1.54) is 0 Å². The van der Waals surface area contributed by atoms with Gasteiger partial charge in [-0.15, -0.1) is 0 Å². The normalized spacial score (nSPS) is 30.6. The van der Waals surface area contributed by atoms with Gasteiger partial charge < -0.3 is 10.0 Å². The van der Waals surface area contributed by atoms with E-state index in [1.54, 1.807) is 12.3 Å². The lowest BCUT2D eigenvalue weighted by atomic mass is 9.98. The Morgan fingerprint density at radius 1 is 1.39 bits per heavy atom. The summed E-state index contributed by atoms with van der Waals surface area (Å²) in [6, 6.07) is 4.08. The van der Waals surface area contributed by atoms with Crippen LogP contribution in [0.4, 0.5) is 0 Å². The Kier molecular flexibility index (Phi) is 2.82. The summed E-state index contributed by atoms with van der Waals surface area (Å²) in [6.45, 7) is 1.87. The number of hydrogen-bond acceptors (Lipinski definition) is 3. The summed E-state index contributed by atoms with van der Waals surface area (Å²) in [5.74, 6) is 0.0833. The maximum Gasteiger partial charge on any atom is 0.256 e. The molecule has 3 heterocycles. The molecule has 3 rings (SSSR count). The van der Waals surface area contributed by atoms with Crippen LogP contribution in [0.5, 0.6) is 0 Å². The molecule has 1 aromatic heterocycles. The summed E-state index contributed by atoms with van der Waals surface area (Å²) in [4.78, 5) is 18.8. The second-order valence-electron chi connectivity index (χ2n) is 5.36. The third-order valence-electron chi connectivity index (χ3n) is 4.18. The van der Waals surface area contributed by atoms with Crippen molar-refractivity contribution in [2.24, 2.45) is 0 Å². The first-order chi connectivity index (χ1) is 8.66. The molecule has 4 heteroatoms. The Morgan fingerprint density at radius 3 is 2.67 bits per heavy atom. The van der Waals surface area contributed by atoms with Gasteiger partial charge in [-0.05, 0) is 44.7 Å². The molecule has 0 aromatic carbocycles. The van der Waals surface area contributed by atoms with Crippen LogP contribution in [-0.2, 0) is 0 Å². The van der Waals surface area contributed by atoms with E-state index < -0.39 is 0 Å². The van der Waals surface area contributed by atoms with Gasteiger partial charge in [0.05, 0.1) is 11.7 Å². The molecule has 18 heavy (non-hydrogen) atoms. The van der Waals surface area contributed by atoms with Crippen LogP contribution in [0.25, 0.3) is 0 Å². The average molecular weight is 246 g/mol. The minimum atomic E-state index is -0.235. The summed E-state index contributed by atoms with van der Waals surface area (Å²) >= 11 is 0. The van der Waals surface area contributed by atoms with Crippen LogP contribution in [0.3, 0.4) is 0 Å². The molecule has 4 nitrogen and oxygen atoms in total. The number of amides is 1. The van der Waals surface area contributed by atoms with Gasteiger partial charge in [-0.3, -0.25) is 9.78 Å². The molecular formula is C14H18N2O2. The lowest BCUT2D eigenvalue weighted by Gasteiger charge is -2.37. The van der Waals surface area contributed by atoms with Crippen LogP contribution in [0.1, 0.15) is 41.7 Å². The number of aliphatic hydroxyl groups excluding tert-OH is 1. The second kappa shape index (κ2) is 4.35. The number of fused-ring (bicyclic) bond motifs is 2. The molecule has 0 aliphatic carbocycles. The molecule has 1 N–H and O–H groups in total. The number of carbonyl (C=O) groups is 1. The fourth-order valence-corrected chi connectivity index (χ4v) is 3.33. The summed E-state index contributed by atoms with van der Waals surface area (Å²) in [5.41, 5.74) is 1.49. The highest BCUT2D eigenvalue weighted by Gasteiger charge is 2.43. The van der Waals surface area contributed by atoms with Crippen molar-refractivity contribution < 1.29 is 9.90 Å². The van der Waals surface area contributed by atoms with Crippen LogP contribution in [0.2, 0.25) is 0 Å². The van der Waals surface area contributed by atoms with E-state index in [0.717, 1.165) is 31.4 Å². The number of carbonyl (C=O) groups excluding carboxylic acids is 1. The van der Waals surface area contributed by atoms with E-state index >= 15 is 0 Å². The maximum atomic E-state index is 12.6. The molecule has 2 atom stereocenters. The zero-order valence-electron chi connectivity index (χ0n) is 10.5. The van der Waals surface area contributed by atoms with Gasteiger partial charge in [0.25, 0.3) is 5.91 Å². The van der Waals surface area contributed by atoms with Crippen LogP contribution in [0.15, 0.2) is 18.3 Å². The van der Waals surface area contributed by atoms with Gasteiger partial charge in [0.2, 0.25) is 0 Å². The number of rotatable bonds is 1. The molecule has 96 valence electrons. The number of hydrogen-bond donors (Lipinski definition) is 1. The Labute approximate surface area is 107 Å². The Balaban J connectivity index is 1.88. The minimum absolute atomic E-state index is 0.0833. The van der Waals surface area contributed by atoms with E-state index in [1.807, 2.05) is 17.9 Å². The molecule has 2 aliphatic rings. The number of aromatic nitrogens is 1. The molecule has 1 amide bonds. The molecule has 2 unspecified atom stereocenters.